The van der Waals surface area contributed by atoms with Crippen LogP contribution in [0.1, 0.15) is 37.9 Å². The minimum Gasteiger partial charge on any atom is -0.342 e. The summed E-state index contributed by atoms with van der Waals surface area (Å²) in [5.74, 6) is 0.325. The summed E-state index contributed by atoms with van der Waals surface area (Å²) in [7, 11) is 0. The lowest BCUT2D eigenvalue weighted by atomic mass is 9.96. The van der Waals surface area contributed by atoms with E-state index in [2.05, 4.69) is 20.4 Å². The molecule has 1 atom stereocenters. The second kappa shape index (κ2) is 9.78. The highest BCUT2D eigenvalue weighted by Gasteiger charge is 2.29. The highest BCUT2D eigenvalue weighted by Crippen LogP contribution is 2.30. The first-order valence-corrected chi connectivity index (χ1v) is 11.0. The van der Waals surface area contributed by atoms with Crippen LogP contribution in [0.2, 0.25) is 0 Å². The molecule has 0 radical (unpaired) electrons. The van der Waals surface area contributed by atoms with Gasteiger partial charge in [0.05, 0.1) is 11.9 Å². The van der Waals surface area contributed by atoms with Crippen LogP contribution in [0.5, 0.6) is 0 Å². The van der Waals surface area contributed by atoms with E-state index >= 15 is 0 Å². The molecule has 1 aliphatic rings. The summed E-state index contributed by atoms with van der Waals surface area (Å²) in [5, 5.41) is 6.85. The van der Waals surface area contributed by atoms with Crippen molar-refractivity contribution >= 4 is 17.4 Å². The van der Waals surface area contributed by atoms with Gasteiger partial charge in [-0.2, -0.15) is 18.3 Å². The van der Waals surface area contributed by atoms with Crippen LogP contribution in [-0.4, -0.2) is 49.8 Å². The Hall–Kier alpha value is -3.50. The average Bonchev–Trinajstić information content (AvgIpc) is 3.25. The summed E-state index contributed by atoms with van der Waals surface area (Å²) in [4.78, 5) is 23.2. The fraction of sp³-hybridized carbons (Fsp3) is 0.391. The molecular weight excluding hydrogens is 452 g/mol. The van der Waals surface area contributed by atoms with Crippen molar-refractivity contribution in [1.29, 1.82) is 0 Å². The molecule has 7 nitrogen and oxygen atoms in total. The summed E-state index contributed by atoms with van der Waals surface area (Å²) >= 11 is 0. The monoisotopic (exact) mass is 476 g/mol. The number of nitrogens with zero attached hydrogens (tertiary/aromatic N) is 5. The summed E-state index contributed by atoms with van der Waals surface area (Å²) in [6.07, 6.45) is 0.154. The molecule has 11 heteroatoms. The largest absolute Gasteiger partial charge is 0.408 e. The van der Waals surface area contributed by atoms with E-state index < -0.39 is 18.5 Å². The third-order valence-corrected chi connectivity index (χ3v) is 5.55. The van der Waals surface area contributed by atoms with E-state index in [0.717, 1.165) is 17.5 Å². The molecule has 34 heavy (non-hydrogen) atoms. The molecule has 0 saturated carbocycles. The average molecular weight is 476 g/mol. The van der Waals surface area contributed by atoms with E-state index in [9.17, 15) is 22.4 Å². The second-order valence-electron chi connectivity index (χ2n) is 8.21. The molecule has 1 amide bonds. The Morgan fingerprint density at radius 2 is 2.06 bits per heavy atom. The van der Waals surface area contributed by atoms with Gasteiger partial charge in [-0.15, -0.1) is 0 Å². The Labute approximate surface area is 193 Å². The highest BCUT2D eigenvalue weighted by molar-refractivity contribution is 5.76. The van der Waals surface area contributed by atoms with E-state index in [1.807, 2.05) is 6.92 Å². The Balaban J connectivity index is 1.68. The minimum absolute atomic E-state index is 0.0485. The number of alkyl halides is 3. The van der Waals surface area contributed by atoms with Gasteiger partial charge < -0.3 is 10.2 Å². The van der Waals surface area contributed by atoms with E-state index in [4.69, 9.17) is 0 Å². The van der Waals surface area contributed by atoms with Crippen molar-refractivity contribution in [3.63, 3.8) is 0 Å². The molecular formula is C23H24F4N6O. The van der Waals surface area contributed by atoms with Gasteiger partial charge in [-0.05, 0) is 31.0 Å². The number of carbonyl (C=O) groups excluding carboxylic acids is 1. The molecule has 3 heterocycles. The lowest BCUT2D eigenvalue weighted by Crippen LogP contribution is -2.39. The first kappa shape index (κ1) is 23.7. The van der Waals surface area contributed by atoms with Crippen LogP contribution in [0.15, 0.2) is 42.7 Å². The van der Waals surface area contributed by atoms with Gasteiger partial charge in [-0.3, -0.25) is 9.48 Å². The summed E-state index contributed by atoms with van der Waals surface area (Å²) in [6.45, 7) is 1.73. The summed E-state index contributed by atoms with van der Waals surface area (Å²) in [6, 6.07) is 7.44. The number of halogens is 4. The molecule has 1 N–H and O–H groups in total. The lowest BCUT2D eigenvalue weighted by molar-refractivity contribution is -0.142. The van der Waals surface area contributed by atoms with Crippen LogP contribution in [0.4, 0.5) is 29.1 Å². The van der Waals surface area contributed by atoms with Crippen LogP contribution in [0, 0.1) is 5.82 Å². The predicted molar refractivity (Wildman–Crippen MR) is 118 cm³/mol. The first-order valence-electron chi connectivity index (χ1n) is 11.0. The summed E-state index contributed by atoms with van der Waals surface area (Å²) < 4.78 is 52.8. The zero-order chi connectivity index (χ0) is 24.3. The van der Waals surface area contributed by atoms with Crippen LogP contribution >= 0.6 is 0 Å². The molecule has 1 unspecified atom stereocenters. The minimum atomic E-state index is -4.40. The number of hydrogen-bond donors (Lipinski definition) is 1. The number of piperidine rings is 1. The summed E-state index contributed by atoms with van der Waals surface area (Å²) in [5.41, 5.74) is 1.25. The van der Waals surface area contributed by atoms with E-state index in [-0.39, 0.29) is 11.8 Å². The zero-order valence-corrected chi connectivity index (χ0v) is 18.5. The van der Waals surface area contributed by atoms with Gasteiger partial charge in [0.2, 0.25) is 5.91 Å². The van der Waals surface area contributed by atoms with Crippen molar-refractivity contribution in [2.75, 3.05) is 18.4 Å². The van der Waals surface area contributed by atoms with Gasteiger partial charge in [0.25, 0.3) is 0 Å². The number of likely N-dealkylation sites (tertiary alicyclic amines) is 1. The maximum Gasteiger partial charge on any atom is 0.408 e. The Morgan fingerprint density at radius 1 is 1.24 bits per heavy atom. The van der Waals surface area contributed by atoms with Gasteiger partial charge in [-0.25, -0.2) is 14.4 Å². The number of nitrogens with one attached hydrogen (secondary N) is 1. The standard InChI is InChI=1S/C23H24F4N6O/c1-2-21(34)32-8-4-5-15(12-32)22-30-19(16-11-28-33(13-16)14-23(25,26)27)10-20(31-22)29-18-7-3-6-17(24)9-18/h3,6-7,9-11,13,15H,2,4-5,8,12,14H2,1H3,(H,29,30,31). The van der Waals surface area contributed by atoms with Crippen LogP contribution in [0.3, 0.4) is 0 Å². The molecule has 180 valence electrons. The molecule has 1 saturated heterocycles. The normalized spacial score (nSPS) is 16.5. The van der Waals surface area contributed by atoms with Crippen molar-refractivity contribution in [3.8, 4) is 11.3 Å². The fourth-order valence-electron chi connectivity index (χ4n) is 3.98. The lowest BCUT2D eigenvalue weighted by Gasteiger charge is -2.32. The van der Waals surface area contributed by atoms with Crippen molar-refractivity contribution in [3.05, 3.63) is 54.4 Å². The smallest absolute Gasteiger partial charge is 0.342 e. The highest BCUT2D eigenvalue weighted by atomic mass is 19.4. The number of rotatable bonds is 6. The number of benzene rings is 1. The third-order valence-electron chi connectivity index (χ3n) is 5.55. The van der Waals surface area contributed by atoms with Crippen molar-refractivity contribution in [2.45, 2.75) is 44.8 Å². The number of amides is 1. The zero-order valence-electron chi connectivity index (χ0n) is 18.5. The number of carbonyl (C=O) groups is 1. The van der Waals surface area contributed by atoms with Crippen molar-refractivity contribution < 1.29 is 22.4 Å². The molecule has 0 bridgehead atoms. The Morgan fingerprint density at radius 3 is 2.79 bits per heavy atom. The SMILES string of the molecule is CCC(=O)N1CCCC(c2nc(Nc3cccc(F)c3)cc(-c3cnn(CC(F)(F)F)c3)n2)C1. The van der Waals surface area contributed by atoms with E-state index in [0.29, 0.717) is 48.1 Å². The van der Waals surface area contributed by atoms with Gasteiger partial charge in [0, 0.05) is 48.9 Å². The maximum atomic E-state index is 13.7. The van der Waals surface area contributed by atoms with Gasteiger partial charge in [0.1, 0.15) is 24.0 Å². The Bertz CT molecular complexity index is 1160. The third kappa shape index (κ3) is 5.89. The maximum absolute atomic E-state index is 13.7. The van der Waals surface area contributed by atoms with Crippen LogP contribution in [0.25, 0.3) is 11.3 Å². The quantitative estimate of drug-likeness (QED) is 0.512. The van der Waals surface area contributed by atoms with E-state index in [1.54, 1.807) is 23.1 Å². The van der Waals surface area contributed by atoms with Crippen LogP contribution < -0.4 is 5.32 Å². The fourth-order valence-corrected chi connectivity index (χ4v) is 3.98. The topological polar surface area (TPSA) is 75.9 Å². The molecule has 3 aromatic rings. The second-order valence-corrected chi connectivity index (χ2v) is 8.21. The number of aromatic nitrogens is 4. The van der Waals surface area contributed by atoms with Gasteiger partial charge in [0.15, 0.2) is 0 Å². The molecule has 0 spiro atoms. The number of anilines is 2. The van der Waals surface area contributed by atoms with Gasteiger partial charge in [-0.1, -0.05) is 13.0 Å². The molecule has 1 aromatic carbocycles. The first-order chi connectivity index (χ1) is 16.2. The van der Waals surface area contributed by atoms with Crippen LogP contribution in [-0.2, 0) is 11.3 Å². The van der Waals surface area contributed by atoms with Gasteiger partial charge >= 0.3 is 6.18 Å². The number of hydrogen-bond acceptors (Lipinski definition) is 5. The Kier molecular flexibility index (Phi) is 6.80. The molecule has 4 rings (SSSR count). The van der Waals surface area contributed by atoms with Crippen molar-refractivity contribution in [1.82, 2.24) is 24.6 Å². The molecule has 0 aliphatic carbocycles. The molecule has 1 fully saturated rings. The molecule has 2 aromatic heterocycles. The van der Waals surface area contributed by atoms with Crippen molar-refractivity contribution in [2.24, 2.45) is 0 Å². The van der Waals surface area contributed by atoms with E-state index in [1.165, 1.54) is 24.5 Å². The molecule has 1 aliphatic heterocycles. The predicted octanol–water partition coefficient (Wildman–Crippen LogP) is 4.90.